The highest BCUT2D eigenvalue weighted by Gasteiger charge is 2.08. The number of aromatic amines is 1. The summed E-state index contributed by atoms with van der Waals surface area (Å²) in [6.07, 6.45) is 4.69. The molecule has 4 nitrogen and oxygen atoms in total. The molecule has 0 spiro atoms. The van der Waals surface area contributed by atoms with E-state index in [1.807, 2.05) is 25.1 Å². The number of hydrogen-bond donors (Lipinski definition) is 2. The first-order chi connectivity index (χ1) is 9.22. The SMILES string of the molecule is C/C=C/CCNC(=O)c1cc(=O)c2ccccc2[nH]1. The maximum Gasteiger partial charge on any atom is 0.267 e. The fraction of sp³-hybridized carbons (Fsp3) is 0.200. The summed E-state index contributed by atoms with van der Waals surface area (Å²) in [5.41, 5.74) is 0.825. The van der Waals surface area contributed by atoms with Crippen LogP contribution in [0.15, 0.2) is 47.3 Å². The molecule has 1 aromatic heterocycles. The van der Waals surface area contributed by atoms with Gasteiger partial charge in [0.15, 0.2) is 5.43 Å². The maximum absolute atomic E-state index is 11.9. The number of nitrogens with one attached hydrogen (secondary N) is 2. The maximum atomic E-state index is 11.9. The summed E-state index contributed by atoms with van der Waals surface area (Å²) < 4.78 is 0. The van der Waals surface area contributed by atoms with E-state index in [0.717, 1.165) is 6.42 Å². The van der Waals surface area contributed by atoms with E-state index >= 15 is 0 Å². The predicted molar refractivity (Wildman–Crippen MR) is 76.3 cm³/mol. The van der Waals surface area contributed by atoms with E-state index in [4.69, 9.17) is 0 Å². The van der Waals surface area contributed by atoms with Gasteiger partial charge in [0, 0.05) is 23.5 Å². The van der Waals surface area contributed by atoms with Crippen LogP contribution in [0.4, 0.5) is 0 Å². The molecule has 1 amide bonds. The second-order valence-electron chi connectivity index (χ2n) is 4.21. The van der Waals surface area contributed by atoms with Crippen molar-refractivity contribution in [1.82, 2.24) is 10.3 Å². The number of amides is 1. The molecule has 0 aliphatic heterocycles. The number of rotatable bonds is 4. The van der Waals surface area contributed by atoms with Gasteiger partial charge in [0.2, 0.25) is 0 Å². The standard InChI is InChI=1S/C15H16N2O2/c1-2-3-6-9-16-15(19)13-10-14(18)11-7-4-5-8-12(11)17-13/h2-5,7-8,10H,6,9H2,1H3,(H,16,19)(H,17,18)/b3-2+. The average Bonchev–Trinajstić information content (AvgIpc) is 2.43. The van der Waals surface area contributed by atoms with Gasteiger partial charge in [0.1, 0.15) is 5.69 Å². The van der Waals surface area contributed by atoms with Gasteiger partial charge in [-0.15, -0.1) is 0 Å². The monoisotopic (exact) mass is 256 g/mol. The molecule has 2 aromatic rings. The van der Waals surface area contributed by atoms with E-state index in [-0.39, 0.29) is 11.3 Å². The summed E-state index contributed by atoms with van der Waals surface area (Å²) in [4.78, 5) is 26.7. The van der Waals surface area contributed by atoms with Crippen LogP contribution >= 0.6 is 0 Å². The smallest absolute Gasteiger partial charge is 0.267 e. The zero-order valence-corrected chi connectivity index (χ0v) is 10.8. The largest absolute Gasteiger partial charge is 0.350 e. The van der Waals surface area contributed by atoms with E-state index in [2.05, 4.69) is 10.3 Å². The lowest BCUT2D eigenvalue weighted by Gasteiger charge is -2.05. The Labute approximate surface area is 111 Å². The molecular weight excluding hydrogens is 240 g/mol. The van der Waals surface area contributed by atoms with Crippen molar-refractivity contribution in [2.24, 2.45) is 0 Å². The van der Waals surface area contributed by atoms with Crippen molar-refractivity contribution in [3.63, 3.8) is 0 Å². The number of hydrogen-bond acceptors (Lipinski definition) is 2. The Morgan fingerprint density at radius 3 is 2.95 bits per heavy atom. The van der Waals surface area contributed by atoms with E-state index in [1.165, 1.54) is 6.07 Å². The van der Waals surface area contributed by atoms with Gasteiger partial charge >= 0.3 is 0 Å². The first-order valence-corrected chi connectivity index (χ1v) is 6.24. The third-order valence-corrected chi connectivity index (χ3v) is 2.81. The number of pyridine rings is 1. The second kappa shape index (κ2) is 6.00. The number of H-pyrrole nitrogens is 1. The summed E-state index contributed by atoms with van der Waals surface area (Å²) in [7, 11) is 0. The fourth-order valence-corrected chi connectivity index (χ4v) is 1.85. The van der Waals surface area contributed by atoms with E-state index in [0.29, 0.717) is 23.1 Å². The van der Waals surface area contributed by atoms with E-state index in [1.54, 1.807) is 18.2 Å². The lowest BCUT2D eigenvalue weighted by molar-refractivity contribution is 0.0949. The molecule has 0 saturated heterocycles. The Balaban J connectivity index is 2.21. The molecule has 0 unspecified atom stereocenters. The van der Waals surface area contributed by atoms with Crippen LogP contribution in [0.5, 0.6) is 0 Å². The minimum Gasteiger partial charge on any atom is -0.350 e. The highest BCUT2D eigenvalue weighted by molar-refractivity contribution is 5.94. The van der Waals surface area contributed by atoms with Crippen LogP contribution in [-0.4, -0.2) is 17.4 Å². The first-order valence-electron chi connectivity index (χ1n) is 6.24. The summed E-state index contributed by atoms with van der Waals surface area (Å²) in [6, 6.07) is 8.49. The molecule has 0 bridgehead atoms. The zero-order chi connectivity index (χ0) is 13.7. The topological polar surface area (TPSA) is 62.0 Å². The van der Waals surface area contributed by atoms with Gasteiger partial charge < -0.3 is 10.3 Å². The molecule has 2 N–H and O–H groups in total. The molecular formula is C15H16N2O2. The molecule has 0 atom stereocenters. The Hall–Kier alpha value is -2.36. The number of carbonyl (C=O) groups excluding carboxylic acids is 1. The van der Waals surface area contributed by atoms with Crippen LogP contribution < -0.4 is 10.7 Å². The summed E-state index contributed by atoms with van der Waals surface area (Å²) in [6.45, 7) is 2.49. The van der Waals surface area contributed by atoms with Crippen molar-refractivity contribution < 1.29 is 4.79 Å². The third-order valence-electron chi connectivity index (χ3n) is 2.81. The van der Waals surface area contributed by atoms with Gasteiger partial charge in [0.25, 0.3) is 5.91 Å². The van der Waals surface area contributed by atoms with Crippen molar-refractivity contribution >= 4 is 16.8 Å². The van der Waals surface area contributed by atoms with Gasteiger partial charge in [-0.2, -0.15) is 0 Å². The van der Waals surface area contributed by atoms with Gasteiger partial charge in [-0.1, -0.05) is 24.3 Å². The van der Waals surface area contributed by atoms with Gasteiger partial charge in [0.05, 0.1) is 0 Å². The van der Waals surface area contributed by atoms with E-state index in [9.17, 15) is 9.59 Å². The molecule has 1 heterocycles. The fourth-order valence-electron chi connectivity index (χ4n) is 1.85. The number of allylic oxidation sites excluding steroid dienone is 1. The van der Waals surface area contributed by atoms with Crippen LogP contribution in [-0.2, 0) is 0 Å². The molecule has 4 heteroatoms. The Morgan fingerprint density at radius 2 is 2.16 bits per heavy atom. The molecule has 0 aliphatic rings. The Morgan fingerprint density at radius 1 is 1.37 bits per heavy atom. The first kappa shape index (κ1) is 13.1. The minimum atomic E-state index is -0.257. The lowest BCUT2D eigenvalue weighted by Crippen LogP contribution is -2.26. The van der Waals surface area contributed by atoms with Crippen molar-refractivity contribution in [3.05, 3.63) is 58.4 Å². The number of aromatic nitrogens is 1. The van der Waals surface area contributed by atoms with Gasteiger partial charge in [-0.05, 0) is 25.5 Å². The van der Waals surface area contributed by atoms with Crippen LogP contribution in [0.1, 0.15) is 23.8 Å². The molecule has 98 valence electrons. The Bertz CT molecular complexity index is 671. The number of benzene rings is 1. The summed E-state index contributed by atoms with van der Waals surface area (Å²) >= 11 is 0. The van der Waals surface area contributed by atoms with Crippen LogP contribution in [0.25, 0.3) is 10.9 Å². The predicted octanol–water partition coefficient (Wildman–Crippen LogP) is 2.22. The van der Waals surface area contributed by atoms with Crippen molar-refractivity contribution in [3.8, 4) is 0 Å². The molecule has 2 rings (SSSR count). The van der Waals surface area contributed by atoms with Gasteiger partial charge in [-0.3, -0.25) is 9.59 Å². The van der Waals surface area contributed by atoms with Crippen molar-refractivity contribution in [2.75, 3.05) is 6.54 Å². The minimum absolute atomic E-state index is 0.145. The Kier molecular flexibility index (Phi) is 4.13. The lowest BCUT2D eigenvalue weighted by atomic mass is 10.2. The summed E-state index contributed by atoms with van der Waals surface area (Å²) in [5, 5.41) is 3.36. The molecule has 19 heavy (non-hydrogen) atoms. The quantitative estimate of drug-likeness (QED) is 0.651. The van der Waals surface area contributed by atoms with Crippen molar-refractivity contribution in [2.45, 2.75) is 13.3 Å². The number of para-hydroxylation sites is 1. The highest BCUT2D eigenvalue weighted by atomic mass is 16.2. The van der Waals surface area contributed by atoms with Crippen LogP contribution in [0.2, 0.25) is 0 Å². The summed E-state index contributed by atoms with van der Waals surface area (Å²) in [5.74, 6) is -0.257. The molecule has 0 fully saturated rings. The molecule has 1 aromatic carbocycles. The van der Waals surface area contributed by atoms with E-state index < -0.39 is 0 Å². The van der Waals surface area contributed by atoms with Crippen LogP contribution in [0, 0.1) is 0 Å². The third kappa shape index (κ3) is 3.10. The van der Waals surface area contributed by atoms with Crippen molar-refractivity contribution in [1.29, 1.82) is 0 Å². The molecule has 0 saturated carbocycles. The normalized spacial score (nSPS) is 11.0. The highest BCUT2D eigenvalue weighted by Crippen LogP contribution is 2.07. The average molecular weight is 256 g/mol. The number of fused-ring (bicyclic) bond motifs is 1. The molecule has 0 aliphatic carbocycles. The molecule has 0 radical (unpaired) electrons. The van der Waals surface area contributed by atoms with Crippen LogP contribution in [0.3, 0.4) is 0 Å². The second-order valence-corrected chi connectivity index (χ2v) is 4.21. The zero-order valence-electron chi connectivity index (χ0n) is 10.8. The number of carbonyl (C=O) groups is 1. The van der Waals surface area contributed by atoms with Gasteiger partial charge in [-0.25, -0.2) is 0 Å².